The third kappa shape index (κ3) is 4.23. The molecule has 5 atom stereocenters. The molecular weight excluding hydrogens is 336 g/mol. The first-order chi connectivity index (χ1) is 12.5. The number of aliphatic hydroxyl groups excluding tert-OH is 4. The molecule has 0 unspecified atom stereocenters. The van der Waals surface area contributed by atoms with Crippen molar-refractivity contribution in [2.45, 2.75) is 44.1 Å². The Labute approximate surface area is 152 Å². The maximum Gasteiger partial charge on any atom is 0.195 e. The lowest BCUT2D eigenvalue weighted by Crippen LogP contribution is -2.60. The Bertz CT molecular complexity index is 699. The van der Waals surface area contributed by atoms with Crippen molar-refractivity contribution in [3.05, 3.63) is 65.2 Å². The Balaban J connectivity index is 1.64. The summed E-state index contributed by atoms with van der Waals surface area (Å²) >= 11 is 0. The maximum absolute atomic E-state index is 10.1. The third-order valence-corrected chi connectivity index (χ3v) is 4.57. The minimum absolute atomic E-state index is 0.444. The Morgan fingerprint density at radius 2 is 1.46 bits per heavy atom. The summed E-state index contributed by atoms with van der Waals surface area (Å²) in [6.45, 7) is 1.54. The lowest BCUT2D eigenvalue weighted by Gasteiger charge is -2.39. The highest BCUT2D eigenvalue weighted by Crippen LogP contribution is 2.25. The van der Waals surface area contributed by atoms with E-state index in [1.165, 1.54) is 11.1 Å². The van der Waals surface area contributed by atoms with E-state index in [1.54, 1.807) is 12.1 Å². The van der Waals surface area contributed by atoms with Gasteiger partial charge in [0.15, 0.2) is 12.4 Å². The Hall–Kier alpha value is -1.96. The van der Waals surface area contributed by atoms with Gasteiger partial charge in [-0.2, -0.15) is 0 Å². The lowest BCUT2D eigenvalue weighted by atomic mass is 9.99. The van der Waals surface area contributed by atoms with E-state index in [4.69, 9.17) is 14.6 Å². The summed E-state index contributed by atoms with van der Waals surface area (Å²) in [7, 11) is 0. The van der Waals surface area contributed by atoms with Crippen molar-refractivity contribution >= 4 is 0 Å². The van der Waals surface area contributed by atoms with Gasteiger partial charge in [-0.15, -0.1) is 0 Å². The minimum Gasteiger partial charge on any atom is -0.482 e. The van der Waals surface area contributed by atoms with E-state index in [0.29, 0.717) is 5.75 Å². The molecule has 1 fully saturated rings. The zero-order valence-corrected chi connectivity index (χ0v) is 14.5. The molecule has 0 amide bonds. The van der Waals surface area contributed by atoms with Gasteiger partial charge >= 0.3 is 0 Å². The number of benzene rings is 2. The third-order valence-electron chi connectivity index (χ3n) is 4.57. The summed E-state index contributed by atoms with van der Waals surface area (Å²) < 4.78 is 10.7. The summed E-state index contributed by atoms with van der Waals surface area (Å²) in [5.74, 6) is 0.444. The molecule has 2 aromatic rings. The topological polar surface area (TPSA) is 99.4 Å². The molecule has 6 heteroatoms. The van der Waals surface area contributed by atoms with Crippen LogP contribution in [0, 0.1) is 6.92 Å². The van der Waals surface area contributed by atoms with Crippen LogP contribution in [0.2, 0.25) is 0 Å². The van der Waals surface area contributed by atoms with Crippen LogP contribution in [0.5, 0.6) is 5.75 Å². The van der Waals surface area contributed by atoms with E-state index in [2.05, 4.69) is 24.3 Å². The summed E-state index contributed by atoms with van der Waals surface area (Å²) in [5.41, 5.74) is 3.52. The molecule has 0 aromatic heterocycles. The molecule has 140 valence electrons. The molecule has 0 saturated carbocycles. The van der Waals surface area contributed by atoms with Crippen LogP contribution in [-0.4, -0.2) is 57.7 Å². The van der Waals surface area contributed by atoms with E-state index in [9.17, 15) is 15.3 Å². The van der Waals surface area contributed by atoms with Gasteiger partial charge < -0.3 is 29.9 Å². The molecule has 0 radical (unpaired) electrons. The molecule has 3 rings (SSSR count). The van der Waals surface area contributed by atoms with Gasteiger partial charge in [-0.1, -0.05) is 42.0 Å². The van der Waals surface area contributed by atoms with Crippen LogP contribution < -0.4 is 4.74 Å². The second-order valence-electron chi connectivity index (χ2n) is 6.62. The molecule has 0 bridgehead atoms. The highest BCUT2D eigenvalue weighted by atomic mass is 16.7. The van der Waals surface area contributed by atoms with Gasteiger partial charge in [0.2, 0.25) is 0 Å². The minimum atomic E-state index is -1.45. The Morgan fingerprint density at radius 3 is 2.04 bits per heavy atom. The quantitative estimate of drug-likeness (QED) is 0.628. The average Bonchev–Trinajstić information content (AvgIpc) is 2.65. The smallest absolute Gasteiger partial charge is 0.195 e. The zero-order chi connectivity index (χ0) is 18.7. The van der Waals surface area contributed by atoms with Crippen molar-refractivity contribution in [1.82, 2.24) is 0 Å². The van der Waals surface area contributed by atoms with Gasteiger partial charge in [-0.3, -0.25) is 0 Å². The van der Waals surface area contributed by atoms with Gasteiger partial charge in [0.1, 0.15) is 24.1 Å². The molecule has 1 aliphatic rings. The molecule has 0 aliphatic carbocycles. The zero-order valence-electron chi connectivity index (χ0n) is 14.5. The molecule has 0 spiro atoms. The van der Waals surface area contributed by atoms with E-state index in [1.807, 2.05) is 19.1 Å². The normalized spacial score (nSPS) is 28.7. The number of hydrogen-bond donors (Lipinski definition) is 4. The van der Waals surface area contributed by atoms with Crippen LogP contribution in [0.1, 0.15) is 16.7 Å². The molecule has 26 heavy (non-hydrogen) atoms. The number of rotatable bonds is 5. The highest BCUT2D eigenvalue weighted by molar-refractivity contribution is 5.32. The largest absolute Gasteiger partial charge is 0.482 e. The van der Waals surface area contributed by atoms with Crippen molar-refractivity contribution in [1.29, 1.82) is 0 Å². The van der Waals surface area contributed by atoms with E-state index in [-0.39, 0.29) is 0 Å². The van der Waals surface area contributed by atoms with Gasteiger partial charge in [0.25, 0.3) is 0 Å². The van der Waals surface area contributed by atoms with Crippen LogP contribution in [0.4, 0.5) is 0 Å². The van der Waals surface area contributed by atoms with Gasteiger partial charge in [-0.25, -0.2) is 0 Å². The summed E-state index contributed by atoms with van der Waals surface area (Å²) in [4.78, 5) is 0. The maximum atomic E-state index is 10.1. The first-order valence-electron chi connectivity index (χ1n) is 8.59. The fourth-order valence-corrected chi connectivity index (χ4v) is 2.98. The second kappa shape index (κ2) is 8.16. The Kier molecular flexibility index (Phi) is 5.90. The van der Waals surface area contributed by atoms with Gasteiger partial charge in [0.05, 0.1) is 6.61 Å². The number of aliphatic hydroxyl groups is 4. The summed E-state index contributed by atoms with van der Waals surface area (Å²) in [5, 5.41) is 39.1. The fourth-order valence-electron chi connectivity index (χ4n) is 2.98. The van der Waals surface area contributed by atoms with Crippen LogP contribution >= 0.6 is 0 Å². The molecule has 1 saturated heterocycles. The van der Waals surface area contributed by atoms with Crippen molar-refractivity contribution in [3.8, 4) is 5.75 Å². The first-order valence-corrected chi connectivity index (χ1v) is 8.59. The molecule has 2 aromatic carbocycles. The molecule has 4 N–H and O–H groups in total. The monoisotopic (exact) mass is 360 g/mol. The van der Waals surface area contributed by atoms with E-state index >= 15 is 0 Å². The van der Waals surface area contributed by atoms with Crippen LogP contribution in [-0.2, 0) is 11.2 Å². The molecule has 1 heterocycles. The molecule has 1 aliphatic heterocycles. The number of aryl methyl sites for hydroxylation is 1. The van der Waals surface area contributed by atoms with Crippen molar-refractivity contribution < 1.29 is 29.9 Å². The predicted molar refractivity (Wildman–Crippen MR) is 94.8 cm³/mol. The average molecular weight is 360 g/mol. The SMILES string of the molecule is Cc1ccc(Cc2ccc(O[C@@H]3[C@@H](O)[C@H](O)[C@@H](CO)O[C@H]3O)cc2)cc1. The van der Waals surface area contributed by atoms with E-state index in [0.717, 1.165) is 12.0 Å². The number of hydrogen-bond acceptors (Lipinski definition) is 6. The van der Waals surface area contributed by atoms with E-state index < -0.39 is 37.3 Å². The molecule has 6 nitrogen and oxygen atoms in total. The summed E-state index contributed by atoms with van der Waals surface area (Å²) in [6.07, 6.45) is -5.56. The standard InChI is InChI=1S/C20H24O6/c1-12-2-4-13(5-3-12)10-14-6-8-15(9-7-14)25-19-18(23)17(22)16(11-21)26-20(19)24/h2-9,16-24H,10-11H2,1H3/t16-,17-,18+,19-,20-/m1/s1. The number of ether oxygens (including phenoxy) is 2. The summed E-state index contributed by atoms with van der Waals surface area (Å²) in [6, 6.07) is 15.6. The van der Waals surface area contributed by atoms with Crippen LogP contribution in [0.25, 0.3) is 0 Å². The fraction of sp³-hybridized carbons (Fsp3) is 0.400. The lowest BCUT2D eigenvalue weighted by molar-refractivity contribution is -0.280. The van der Waals surface area contributed by atoms with Crippen molar-refractivity contribution in [3.63, 3.8) is 0 Å². The van der Waals surface area contributed by atoms with Crippen LogP contribution in [0.15, 0.2) is 48.5 Å². The highest BCUT2D eigenvalue weighted by Gasteiger charge is 2.45. The second-order valence-corrected chi connectivity index (χ2v) is 6.62. The Morgan fingerprint density at radius 1 is 0.885 bits per heavy atom. The van der Waals surface area contributed by atoms with Crippen molar-refractivity contribution in [2.75, 3.05) is 6.61 Å². The molecular formula is C20H24O6. The predicted octanol–water partition coefficient (Wildman–Crippen LogP) is 0.765. The van der Waals surface area contributed by atoms with Gasteiger partial charge in [-0.05, 0) is 36.6 Å². The first kappa shape index (κ1) is 18.8. The van der Waals surface area contributed by atoms with Crippen LogP contribution in [0.3, 0.4) is 0 Å². The van der Waals surface area contributed by atoms with Crippen molar-refractivity contribution in [2.24, 2.45) is 0 Å². The van der Waals surface area contributed by atoms with Gasteiger partial charge in [0, 0.05) is 0 Å².